The maximum absolute atomic E-state index is 8.85. The third-order valence-electron chi connectivity index (χ3n) is 3.81. The number of nitriles is 1. The van der Waals surface area contributed by atoms with Crippen molar-refractivity contribution in [3.8, 4) is 6.07 Å². The van der Waals surface area contributed by atoms with E-state index >= 15 is 0 Å². The topological polar surface area (TPSA) is 27.0 Å². The molecule has 0 unspecified atom stereocenters. The Bertz CT molecular complexity index is 441. The van der Waals surface area contributed by atoms with E-state index in [9.17, 15) is 0 Å². The predicted molar refractivity (Wildman–Crippen MR) is 78.2 cm³/mol. The fourth-order valence-electron chi connectivity index (χ4n) is 3.04. The van der Waals surface area contributed by atoms with Gasteiger partial charge in [0.25, 0.3) is 0 Å². The van der Waals surface area contributed by atoms with Crippen LogP contribution in [0, 0.1) is 11.3 Å². The molecule has 17 heavy (non-hydrogen) atoms. The Labute approximate surface area is 106 Å². The van der Waals surface area contributed by atoms with E-state index in [0.29, 0.717) is 0 Å². The summed E-state index contributed by atoms with van der Waals surface area (Å²) in [6.07, 6.45) is 0. The highest BCUT2D eigenvalue weighted by molar-refractivity contribution is 7.04. The lowest BCUT2D eigenvalue weighted by Crippen LogP contribution is -2.55. The molecule has 90 valence electrons. The maximum Gasteiger partial charge on any atom is 0.141 e. The quantitative estimate of drug-likeness (QED) is 0.718. The summed E-state index contributed by atoms with van der Waals surface area (Å²) in [6.45, 7) is 9.86. The van der Waals surface area contributed by atoms with Crippen molar-refractivity contribution in [1.82, 2.24) is 0 Å². The number of hydrogen-bond acceptors (Lipinski definition) is 2. The molecule has 1 fully saturated rings. The molecule has 1 aliphatic rings. The van der Waals surface area contributed by atoms with Gasteiger partial charge in [-0.3, -0.25) is 0 Å². The van der Waals surface area contributed by atoms with Crippen LogP contribution >= 0.6 is 0 Å². The van der Waals surface area contributed by atoms with Crippen LogP contribution < -0.4 is 4.23 Å². The normalized spacial score (nSPS) is 21.2. The minimum atomic E-state index is -1.26. The first-order valence-electron chi connectivity index (χ1n) is 6.17. The number of rotatable bonds is 1. The Balaban J connectivity index is 2.40. The van der Waals surface area contributed by atoms with Gasteiger partial charge in [0.15, 0.2) is 0 Å². The van der Waals surface area contributed by atoms with Crippen LogP contribution in [0.4, 0.5) is 5.69 Å². The molecule has 0 bridgehead atoms. The Morgan fingerprint density at radius 1 is 1.00 bits per heavy atom. The Morgan fingerprint density at radius 3 is 1.88 bits per heavy atom. The van der Waals surface area contributed by atoms with Gasteiger partial charge in [-0.1, -0.05) is 26.2 Å². The Hall–Kier alpha value is -1.06. The highest BCUT2D eigenvalue weighted by atomic mass is 28.4. The summed E-state index contributed by atoms with van der Waals surface area (Å²) in [5, 5.41) is 8.85. The van der Waals surface area contributed by atoms with Crippen LogP contribution in [0.15, 0.2) is 24.3 Å². The lowest BCUT2D eigenvalue weighted by atomic mass is 10.2. The molecule has 2 nitrogen and oxygen atoms in total. The summed E-state index contributed by atoms with van der Waals surface area (Å²) >= 11 is 0. The first kappa shape index (κ1) is 12.4. The van der Waals surface area contributed by atoms with Gasteiger partial charge in [0.1, 0.15) is 16.5 Å². The molecule has 1 saturated heterocycles. The molecule has 0 radical (unpaired) electrons. The molecular formula is C13H20N2Si2. The van der Waals surface area contributed by atoms with Crippen molar-refractivity contribution in [1.29, 1.82) is 5.26 Å². The number of nitrogens with zero attached hydrogens (tertiary/aromatic N) is 2. The molecule has 1 heterocycles. The summed E-state index contributed by atoms with van der Waals surface area (Å²) in [5.74, 6) is 0. The largest absolute Gasteiger partial charge is 0.424 e. The number of anilines is 1. The van der Waals surface area contributed by atoms with Gasteiger partial charge in [-0.05, 0) is 36.4 Å². The molecular weight excluding hydrogens is 240 g/mol. The van der Waals surface area contributed by atoms with Gasteiger partial charge in [-0.2, -0.15) is 5.26 Å². The van der Waals surface area contributed by atoms with Gasteiger partial charge in [-0.15, -0.1) is 0 Å². The van der Waals surface area contributed by atoms with E-state index < -0.39 is 16.5 Å². The van der Waals surface area contributed by atoms with Crippen LogP contribution in [-0.4, -0.2) is 16.5 Å². The molecule has 0 N–H and O–H groups in total. The molecule has 1 aromatic rings. The van der Waals surface area contributed by atoms with E-state index in [2.05, 4.69) is 48.6 Å². The summed E-state index contributed by atoms with van der Waals surface area (Å²) < 4.78 is 2.77. The van der Waals surface area contributed by atoms with E-state index in [0.717, 1.165) is 5.56 Å². The molecule has 1 aromatic carbocycles. The van der Waals surface area contributed by atoms with Crippen LogP contribution in [0.1, 0.15) is 5.56 Å². The number of hydrogen-bond donors (Lipinski definition) is 0. The van der Waals surface area contributed by atoms with Gasteiger partial charge in [-0.25, -0.2) is 0 Å². The van der Waals surface area contributed by atoms with Gasteiger partial charge < -0.3 is 4.23 Å². The van der Waals surface area contributed by atoms with Gasteiger partial charge in [0, 0.05) is 5.69 Å². The SMILES string of the molecule is C[Si]1(C)CC[Si](C)(C)N1c1ccc(C#N)cc1. The molecule has 0 aromatic heterocycles. The monoisotopic (exact) mass is 260 g/mol. The zero-order valence-corrected chi connectivity index (χ0v) is 13.1. The standard InChI is InChI=1S/C13H20N2Si2/c1-16(2)9-10-17(3,4)15(16)13-7-5-12(11-14)6-8-13/h5-8H,9-10H2,1-4H3. The second-order valence-corrected chi connectivity index (χ2v) is 15.7. The van der Waals surface area contributed by atoms with Crippen molar-refractivity contribution < 1.29 is 0 Å². The second-order valence-electron chi connectivity index (χ2n) is 6.12. The molecule has 0 spiro atoms. The van der Waals surface area contributed by atoms with Crippen LogP contribution in [0.5, 0.6) is 0 Å². The Morgan fingerprint density at radius 2 is 1.47 bits per heavy atom. The average molecular weight is 260 g/mol. The van der Waals surface area contributed by atoms with Crippen LogP contribution in [0.3, 0.4) is 0 Å². The first-order chi connectivity index (χ1) is 7.87. The van der Waals surface area contributed by atoms with Crippen molar-refractivity contribution >= 4 is 22.2 Å². The van der Waals surface area contributed by atoms with Gasteiger partial charge in [0.2, 0.25) is 0 Å². The van der Waals surface area contributed by atoms with E-state index in [1.165, 1.54) is 17.8 Å². The average Bonchev–Trinajstić information content (AvgIpc) is 2.49. The molecule has 0 saturated carbocycles. The molecule has 2 rings (SSSR count). The third-order valence-corrected chi connectivity index (χ3v) is 13.8. The molecule has 0 aliphatic carbocycles. The second kappa shape index (κ2) is 4.00. The zero-order valence-electron chi connectivity index (χ0n) is 11.1. The van der Waals surface area contributed by atoms with Gasteiger partial charge in [0.05, 0.1) is 11.6 Å². The highest BCUT2D eigenvalue weighted by Crippen LogP contribution is 2.40. The van der Waals surface area contributed by atoms with E-state index in [4.69, 9.17) is 5.26 Å². The first-order valence-corrected chi connectivity index (χ1v) is 12.5. The highest BCUT2D eigenvalue weighted by Gasteiger charge is 2.47. The molecule has 4 heteroatoms. The summed E-state index contributed by atoms with van der Waals surface area (Å²) in [7, 11) is -2.52. The fourth-order valence-corrected chi connectivity index (χ4v) is 17.3. The smallest absolute Gasteiger partial charge is 0.141 e. The van der Waals surface area contributed by atoms with E-state index in [-0.39, 0.29) is 0 Å². The molecule has 0 atom stereocenters. The molecule has 1 aliphatic heterocycles. The van der Waals surface area contributed by atoms with Crippen LogP contribution in [-0.2, 0) is 0 Å². The van der Waals surface area contributed by atoms with Crippen molar-refractivity contribution in [3.05, 3.63) is 29.8 Å². The summed E-state index contributed by atoms with van der Waals surface area (Å²) in [4.78, 5) is 0. The van der Waals surface area contributed by atoms with E-state index in [1.54, 1.807) is 0 Å². The maximum atomic E-state index is 8.85. The van der Waals surface area contributed by atoms with Crippen molar-refractivity contribution in [2.45, 2.75) is 38.3 Å². The summed E-state index contributed by atoms with van der Waals surface area (Å²) in [6, 6.07) is 13.2. The zero-order chi connectivity index (χ0) is 12.7. The fraction of sp³-hybridized carbons (Fsp3) is 0.462. The lowest BCUT2D eigenvalue weighted by Gasteiger charge is -2.41. The van der Waals surface area contributed by atoms with Crippen LogP contribution in [0.25, 0.3) is 0 Å². The Kier molecular flexibility index (Phi) is 2.92. The van der Waals surface area contributed by atoms with Gasteiger partial charge >= 0.3 is 0 Å². The van der Waals surface area contributed by atoms with Crippen molar-refractivity contribution in [2.24, 2.45) is 0 Å². The minimum Gasteiger partial charge on any atom is -0.424 e. The minimum absolute atomic E-state index is 0.756. The number of benzene rings is 1. The lowest BCUT2D eigenvalue weighted by molar-refractivity contribution is 1.35. The van der Waals surface area contributed by atoms with Crippen LogP contribution in [0.2, 0.25) is 38.3 Å². The summed E-state index contributed by atoms with van der Waals surface area (Å²) in [5.41, 5.74) is 2.10. The van der Waals surface area contributed by atoms with E-state index in [1.807, 2.05) is 12.1 Å². The third kappa shape index (κ3) is 2.17. The van der Waals surface area contributed by atoms with Crippen molar-refractivity contribution in [2.75, 3.05) is 4.23 Å². The molecule has 0 amide bonds. The van der Waals surface area contributed by atoms with Crippen molar-refractivity contribution in [3.63, 3.8) is 0 Å². The predicted octanol–water partition coefficient (Wildman–Crippen LogP) is 3.79.